The summed E-state index contributed by atoms with van der Waals surface area (Å²) in [6, 6.07) is 9.97. The van der Waals surface area contributed by atoms with Crippen molar-refractivity contribution in [2.24, 2.45) is 4.99 Å². The van der Waals surface area contributed by atoms with E-state index in [9.17, 15) is 0 Å². The maximum atomic E-state index is 5.71. The molecule has 1 atom stereocenters. The van der Waals surface area contributed by atoms with E-state index >= 15 is 0 Å². The van der Waals surface area contributed by atoms with Gasteiger partial charge in [0.2, 0.25) is 0 Å². The maximum Gasteiger partial charge on any atom is 0.191 e. The van der Waals surface area contributed by atoms with E-state index in [1.165, 1.54) is 5.56 Å². The zero-order valence-corrected chi connectivity index (χ0v) is 17.4. The molecule has 3 heterocycles. The molecule has 2 aromatic heterocycles. The Hall–Kier alpha value is -2.93. The first-order valence-electron chi connectivity index (χ1n) is 10.6. The number of aromatic amines is 1. The summed E-state index contributed by atoms with van der Waals surface area (Å²) in [4.78, 5) is 8.08. The zero-order chi connectivity index (χ0) is 20.6. The number of nitrogens with one attached hydrogen (secondary N) is 3. The Balaban J connectivity index is 1.35. The minimum absolute atomic E-state index is 0.228. The summed E-state index contributed by atoms with van der Waals surface area (Å²) in [5, 5.41) is 8.02. The number of hydrogen-bond donors (Lipinski definition) is 3. The van der Waals surface area contributed by atoms with E-state index in [-0.39, 0.29) is 6.10 Å². The number of guanidine groups is 1. The number of furan rings is 1. The largest absolute Gasteiger partial charge is 0.496 e. The van der Waals surface area contributed by atoms with Gasteiger partial charge in [-0.25, -0.2) is 0 Å². The van der Waals surface area contributed by atoms with Crippen LogP contribution in [0.3, 0.4) is 0 Å². The number of hydrogen-bond acceptors (Lipinski definition) is 4. The average Bonchev–Trinajstić information content (AvgIpc) is 3.53. The van der Waals surface area contributed by atoms with Crippen molar-refractivity contribution in [1.82, 2.24) is 15.6 Å². The van der Waals surface area contributed by atoms with Gasteiger partial charge in [-0.3, -0.25) is 4.99 Å². The van der Waals surface area contributed by atoms with Crippen LogP contribution in [-0.4, -0.2) is 50.4 Å². The van der Waals surface area contributed by atoms with Gasteiger partial charge in [0.1, 0.15) is 11.5 Å². The Kier molecular flexibility index (Phi) is 6.92. The normalized spacial score (nSPS) is 16.8. The molecule has 1 fully saturated rings. The second-order valence-corrected chi connectivity index (χ2v) is 7.45. The van der Waals surface area contributed by atoms with Gasteiger partial charge in [0.25, 0.3) is 0 Å². The van der Waals surface area contributed by atoms with E-state index in [2.05, 4.69) is 27.9 Å². The summed E-state index contributed by atoms with van der Waals surface area (Å²) < 4.78 is 16.7. The topological polar surface area (TPSA) is 83.8 Å². The Labute approximate surface area is 176 Å². The first-order valence-corrected chi connectivity index (χ1v) is 10.6. The van der Waals surface area contributed by atoms with Crippen molar-refractivity contribution in [3.05, 3.63) is 54.1 Å². The van der Waals surface area contributed by atoms with Crippen LogP contribution >= 0.6 is 0 Å². The number of methoxy groups -OCH3 is 1. The first kappa shape index (κ1) is 20.3. The number of benzene rings is 1. The minimum atomic E-state index is 0.228. The predicted octanol–water partition coefficient (Wildman–Crippen LogP) is 3.27. The van der Waals surface area contributed by atoms with Crippen LogP contribution in [0.25, 0.3) is 10.9 Å². The summed E-state index contributed by atoms with van der Waals surface area (Å²) in [6.45, 7) is 3.04. The lowest BCUT2D eigenvalue weighted by atomic mass is 10.1. The smallest absolute Gasteiger partial charge is 0.191 e. The van der Waals surface area contributed by atoms with Crippen molar-refractivity contribution >= 4 is 16.9 Å². The van der Waals surface area contributed by atoms with Crippen molar-refractivity contribution in [1.29, 1.82) is 0 Å². The van der Waals surface area contributed by atoms with Gasteiger partial charge in [-0.1, -0.05) is 6.07 Å². The van der Waals surface area contributed by atoms with E-state index < -0.39 is 0 Å². The van der Waals surface area contributed by atoms with Gasteiger partial charge >= 0.3 is 0 Å². The monoisotopic (exact) mass is 410 g/mol. The lowest BCUT2D eigenvalue weighted by Crippen LogP contribution is -2.40. The van der Waals surface area contributed by atoms with Crippen LogP contribution in [0.2, 0.25) is 0 Å². The summed E-state index contributed by atoms with van der Waals surface area (Å²) in [7, 11) is 1.71. The van der Waals surface area contributed by atoms with E-state index in [1.807, 2.05) is 24.3 Å². The molecule has 1 saturated heterocycles. The van der Waals surface area contributed by atoms with Gasteiger partial charge in [0.15, 0.2) is 5.96 Å². The number of ether oxygens (including phenoxy) is 2. The highest BCUT2D eigenvalue weighted by molar-refractivity contribution is 5.89. The lowest BCUT2D eigenvalue weighted by molar-refractivity contribution is 0.117. The third kappa shape index (κ3) is 5.16. The molecule has 1 aliphatic heterocycles. The third-order valence-corrected chi connectivity index (χ3v) is 5.38. The van der Waals surface area contributed by atoms with Crippen LogP contribution in [0.1, 0.15) is 24.2 Å². The number of nitrogens with zero attached hydrogens (tertiary/aromatic N) is 1. The predicted molar refractivity (Wildman–Crippen MR) is 118 cm³/mol. The minimum Gasteiger partial charge on any atom is -0.496 e. The van der Waals surface area contributed by atoms with E-state index in [1.54, 1.807) is 13.4 Å². The van der Waals surface area contributed by atoms with E-state index in [4.69, 9.17) is 18.9 Å². The molecular formula is C23H30N4O3. The molecule has 1 unspecified atom stereocenters. The Morgan fingerprint density at radius 1 is 1.20 bits per heavy atom. The molecule has 7 nitrogen and oxygen atoms in total. The molecule has 0 saturated carbocycles. The van der Waals surface area contributed by atoms with Gasteiger partial charge in [0.05, 0.1) is 26.0 Å². The van der Waals surface area contributed by atoms with E-state index in [0.29, 0.717) is 6.54 Å². The van der Waals surface area contributed by atoms with Crippen LogP contribution < -0.4 is 15.4 Å². The number of fused-ring (bicyclic) bond motifs is 1. The Bertz CT molecular complexity index is 943. The SMILES string of the molecule is COc1cccc2[nH]cc(CCNC(=NCC3CCCO3)NCCc3ccco3)c12. The summed E-state index contributed by atoms with van der Waals surface area (Å²) in [6.07, 6.45) is 7.87. The highest BCUT2D eigenvalue weighted by atomic mass is 16.5. The highest BCUT2D eigenvalue weighted by Gasteiger charge is 2.15. The molecule has 0 aliphatic carbocycles. The average molecular weight is 411 g/mol. The van der Waals surface area contributed by atoms with Crippen molar-refractivity contribution < 1.29 is 13.9 Å². The van der Waals surface area contributed by atoms with Gasteiger partial charge in [-0.2, -0.15) is 0 Å². The standard InChI is InChI=1S/C23H30N4O3/c1-28-21-8-2-7-20-22(21)17(15-26-20)9-11-24-23(27-16-19-6-4-14-30-19)25-12-10-18-5-3-13-29-18/h2-3,5,7-8,13,15,19,26H,4,6,9-12,14,16H2,1H3,(H2,24,25,27). The first-order chi connectivity index (χ1) is 14.8. The summed E-state index contributed by atoms with van der Waals surface area (Å²) in [5.74, 6) is 2.67. The molecule has 7 heteroatoms. The molecule has 0 radical (unpaired) electrons. The fourth-order valence-electron chi connectivity index (χ4n) is 3.82. The van der Waals surface area contributed by atoms with Gasteiger partial charge in [-0.05, 0) is 49.1 Å². The van der Waals surface area contributed by atoms with Crippen molar-refractivity contribution in [3.8, 4) is 5.75 Å². The number of H-pyrrole nitrogens is 1. The van der Waals surface area contributed by atoms with Crippen molar-refractivity contribution in [2.45, 2.75) is 31.8 Å². The second kappa shape index (κ2) is 10.2. The van der Waals surface area contributed by atoms with Crippen molar-refractivity contribution in [3.63, 3.8) is 0 Å². The summed E-state index contributed by atoms with van der Waals surface area (Å²) >= 11 is 0. The van der Waals surface area contributed by atoms with E-state index in [0.717, 1.165) is 73.8 Å². The number of rotatable bonds is 9. The van der Waals surface area contributed by atoms with Crippen LogP contribution in [0.5, 0.6) is 5.75 Å². The molecule has 1 aliphatic rings. The molecule has 1 aromatic carbocycles. The molecule has 3 N–H and O–H groups in total. The summed E-state index contributed by atoms with van der Waals surface area (Å²) in [5.41, 5.74) is 2.32. The molecule has 3 aromatic rings. The molecule has 30 heavy (non-hydrogen) atoms. The van der Waals surface area contributed by atoms with Gasteiger partial charge in [-0.15, -0.1) is 0 Å². The second-order valence-electron chi connectivity index (χ2n) is 7.45. The number of aromatic nitrogens is 1. The van der Waals surface area contributed by atoms with Crippen LogP contribution in [0.15, 0.2) is 52.2 Å². The fourth-order valence-corrected chi connectivity index (χ4v) is 3.82. The van der Waals surface area contributed by atoms with Crippen LogP contribution in [0.4, 0.5) is 0 Å². The third-order valence-electron chi connectivity index (χ3n) is 5.38. The zero-order valence-electron chi connectivity index (χ0n) is 17.4. The molecule has 4 rings (SSSR count). The Morgan fingerprint density at radius 2 is 2.10 bits per heavy atom. The van der Waals surface area contributed by atoms with Crippen LogP contribution in [0, 0.1) is 0 Å². The maximum absolute atomic E-state index is 5.71. The molecule has 0 amide bonds. The van der Waals surface area contributed by atoms with Gasteiger partial charge in [0, 0.05) is 43.2 Å². The molecular weight excluding hydrogens is 380 g/mol. The van der Waals surface area contributed by atoms with Crippen LogP contribution in [-0.2, 0) is 17.6 Å². The highest BCUT2D eigenvalue weighted by Crippen LogP contribution is 2.28. The fraction of sp³-hybridized carbons (Fsp3) is 0.435. The Morgan fingerprint density at radius 3 is 2.87 bits per heavy atom. The lowest BCUT2D eigenvalue weighted by Gasteiger charge is -2.14. The molecule has 0 spiro atoms. The van der Waals surface area contributed by atoms with Gasteiger partial charge < -0.3 is 29.5 Å². The van der Waals surface area contributed by atoms with Crippen molar-refractivity contribution in [2.75, 3.05) is 33.4 Å². The molecule has 160 valence electrons. The quantitative estimate of drug-likeness (QED) is 0.372. The number of aliphatic imine (C=N–C) groups is 1. The molecule has 0 bridgehead atoms.